The lowest BCUT2D eigenvalue weighted by atomic mass is 9.98. The van der Waals surface area contributed by atoms with Crippen molar-refractivity contribution in [1.82, 2.24) is 31.5 Å². The monoisotopic (exact) mass is 742 g/mol. The summed E-state index contributed by atoms with van der Waals surface area (Å²) in [6.07, 6.45) is -1.49. The molecule has 1 rings (SSSR count). The molecule has 294 valence electrons. The van der Waals surface area contributed by atoms with Crippen molar-refractivity contribution < 1.29 is 47.0 Å². The number of nitrogens with zero attached hydrogens (tertiary/aromatic N) is 1. The van der Waals surface area contributed by atoms with E-state index < -0.39 is 60.1 Å². The minimum atomic E-state index is -5.08. The Balaban J connectivity index is 0.00000335. The third-order valence-corrected chi connectivity index (χ3v) is 7.35. The average molecular weight is 743 g/mol. The zero-order valence-electron chi connectivity index (χ0n) is 31.8. The molecule has 0 radical (unpaired) electrons. The molecule has 5 atom stereocenters. The first kappa shape index (κ1) is 47.5. The van der Waals surface area contributed by atoms with Crippen LogP contribution < -0.4 is 26.6 Å². The van der Waals surface area contributed by atoms with Crippen LogP contribution in [0.15, 0.2) is 42.5 Å². The minimum Gasteiger partial charge on any atom is -0.475 e. The first-order valence-electron chi connectivity index (χ1n) is 17.1. The lowest BCUT2D eigenvalue weighted by Gasteiger charge is -2.30. The number of rotatable bonds is 18. The Bertz CT molecular complexity index is 1330. The maximum atomic E-state index is 13.4. The Kier molecular flexibility index (Phi) is 21.2. The van der Waals surface area contributed by atoms with Crippen LogP contribution in [0.25, 0.3) is 0 Å². The molecule has 0 heterocycles. The second-order valence-corrected chi connectivity index (χ2v) is 13.9. The largest absolute Gasteiger partial charge is 0.490 e. The van der Waals surface area contributed by atoms with E-state index in [1.807, 2.05) is 90.9 Å². The highest BCUT2D eigenvalue weighted by Gasteiger charge is 2.38. The third-order valence-electron chi connectivity index (χ3n) is 7.35. The number of halogens is 3. The van der Waals surface area contributed by atoms with Gasteiger partial charge in [-0.25, -0.2) is 4.79 Å². The fourth-order valence-corrected chi connectivity index (χ4v) is 4.94. The van der Waals surface area contributed by atoms with Crippen LogP contribution in [0.1, 0.15) is 73.8 Å². The van der Waals surface area contributed by atoms with Gasteiger partial charge in [0.15, 0.2) is 0 Å². The number of carboxylic acids is 1. The molecule has 52 heavy (non-hydrogen) atoms. The first-order valence-corrected chi connectivity index (χ1v) is 17.1. The summed E-state index contributed by atoms with van der Waals surface area (Å²) >= 11 is 0. The molecule has 6 N–H and O–H groups in total. The van der Waals surface area contributed by atoms with Gasteiger partial charge in [-0.2, -0.15) is 13.2 Å². The van der Waals surface area contributed by atoms with Crippen LogP contribution in [0.2, 0.25) is 0 Å². The van der Waals surface area contributed by atoms with Crippen LogP contribution in [-0.2, 0) is 35.3 Å². The highest BCUT2D eigenvalue weighted by atomic mass is 19.4. The summed E-state index contributed by atoms with van der Waals surface area (Å²) < 4.78 is 31.7. The fourth-order valence-electron chi connectivity index (χ4n) is 4.94. The van der Waals surface area contributed by atoms with Crippen molar-refractivity contribution in [2.75, 3.05) is 14.1 Å². The molecule has 0 saturated heterocycles. The molecule has 0 aliphatic rings. The number of hydrogen-bond acceptors (Lipinski definition) is 7. The van der Waals surface area contributed by atoms with Gasteiger partial charge in [0, 0.05) is 18.7 Å². The predicted molar refractivity (Wildman–Crippen MR) is 191 cm³/mol. The highest BCUT2D eigenvalue weighted by molar-refractivity contribution is 5.94. The zero-order valence-corrected chi connectivity index (χ0v) is 31.8. The lowest BCUT2D eigenvalue weighted by Crippen LogP contribution is -2.57. The van der Waals surface area contributed by atoms with E-state index in [1.165, 1.54) is 12.2 Å². The summed E-state index contributed by atoms with van der Waals surface area (Å²) in [5, 5.41) is 21.1. The number of likely N-dealkylation sites (N-methyl/N-ethyl adjacent to an activating group) is 1. The molecule has 0 aliphatic carbocycles. The van der Waals surface area contributed by atoms with Crippen LogP contribution in [0.3, 0.4) is 0 Å². The van der Waals surface area contributed by atoms with Crippen molar-refractivity contribution in [3.8, 4) is 0 Å². The summed E-state index contributed by atoms with van der Waals surface area (Å²) in [6, 6.07) is 6.13. The molecular formula is C36H57F3N6O7. The number of hydrogen-bond donors (Lipinski definition) is 6. The van der Waals surface area contributed by atoms with Gasteiger partial charge in [0.2, 0.25) is 29.5 Å². The molecule has 0 aromatic heterocycles. The number of carbonyl (C=O) groups excluding carboxylic acids is 5. The Morgan fingerprint density at radius 2 is 1.19 bits per heavy atom. The van der Waals surface area contributed by atoms with Crippen LogP contribution in [-0.4, -0.2) is 96.0 Å². The maximum absolute atomic E-state index is 13.4. The summed E-state index contributed by atoms with van der Waals surface area (Å²) in [6.45, 7) is 15.4. The topological polar surface area (TPSA) is 186 Å². The van der Waals surface area contributed by atoms with Crippen LogP contribution in [0.5, 0.6) is 0 Å². The quantitative estimate of drug-likeness (QED) is 0.124. The summed E-state index contributed by atoms with van der Waals surface area (Å²) in [5.41, 5.74) is 0.949. The summed E-state index contributed by atoms with van der Waals surface area (Å²) in [4.78, 5) is 75.4. The van der Waals surface area contributed by atoms with Gasteiger partial charge in [-0.3, -0.25) is 28.9 Å². The van der Waals surface area contributed by atoms with Crippen molar-refractivity contribution in [2.45, 2.75) is 111 Å². The molecule has 16 heteroatoms. The number of carboxylic acid groups (broad SMARTS) is 1. The van der Waals surface area contributed by atoms with Gasteiger partial charge in [0.1, 0.15) is 18.1 Å². The molecule has 0 spiro atoms. The maximum Gasteiger partial charge on any atom is 0.490 e. The van der Waals surface area contributed by atoms with Gasteiger partial charge < -0.3 is 31.7 Å². The van der Waals surface area contributed by atoms with Gasteiger partial charge in [0.05, 0.1) is 6.04 Å². The Hall–Kier alpha value is -4.47. The van der Waals surface area contributed by atoms with Gasteiger partial charge in [-0.1, -0.05) is 78.0 Å². The van der Waals surface area contributed by atoms with Gasteiger partial charge >= 0.3 is 12.1 Å². The Morgan fingerprint density at radius 1 is 0.731 bits per heavy atom. The first-order chi connectivity index (χ1) is 24.0. The van der Waals surface area contributed by atoms with E-state index in [1.54, 1.807) is 13.8 Å². The fraction of sp³-hybridized carbons (Fsp3) is 0.611. The van der Waals surface area contributed by atoms with Crippen LogP contribution in [0.4, 0.5) is 13.2 Å². The van der Waals surface area contributed by atoms with E-state index in [4.69, 9.17) is 9.90 Å². The Labute approximate surface area is 304 Å². The second kappa shape index (κ2) is 23.2. The second-order valence-electron chi connectivity index (χ2n) is 13.9. The Morgan fingerprint density at radius 3 is 1.62 bits per heavy atom. The van der Waals surface area contributed by atoms with Crippen molar-refractivity contribution in [3.05, 3.63) is 48.0 Å². The van der Waals surface area contributed by atoms with Crippen molar-refractivity contribution in [2.24, 2.45) is 17.8 Å². The van der Waals surface area contributed by atoms with E-state index in [0.717, 1.165) is 5.56 Å². The number of carbonyl (C=O) groups is 6. The zero-order chi connectivity index (χ0) is 40.3. The van der Waals surface area contributed by atoms with E-state index in [0.29, 0.717) is 19.4 Å². The number of benzene rings is 1. The molecule has 5 amide bonds. The molecule has 0 fully saturated rings. The van der Waals surface area contributed by atoms with Gasteiger partial charge in [-0.05, 0) is 64.1 Å². The standard InChI is InChI=1S/C34H56N6O5.C2HF3O2/c1-21(2)18-27(38-33(44)28(19-22(3)4)39-34(45)30(23(5)6)40(9)10)32(43)36-24(7)16-17-29(41)37-25(8)31(42)35-20-26-14-12-11-13-15-26;3-2(4,5)1(6)7/h11-17,21-25,27-28,30H,18-20H2,1-10H3,(H,35,42)(H,36,43)(H,37,41)(H,38,44)(H,39,45);(H,6,7)/b17-16+;/t24-,25-,27-,28-,30-;/m0./s1. The van der Waals surface area contributed by atoms with E-state index >= 15 is 0 Å². The molecular weight excluding hydrogens is 685 g/mol. The molecule has 0 aliphatic heterocycles. The van der Waals surface area contributed by atoms with Crippen molar-refractivity contribution in [1.29, 1.82) is 0 Å². The molecule has 1 aromatic carbocycles. The molecule has 0 saturated carbocycles. The lowest BCUT2D eigenvalue weighted by molar-refractivity contribution is -0.192. The third kappa shape index (κ3) is 19.8. The average Bonchev–Trinajstić information content (AvgIpc) is 3.01. The van der Waals surface area contributed by atoms with Crippen molar-refractivity contribution >= 4 is 35.5 Å². The number of amides is 5. The van der Waals surface area contributed by atoms with Crippen molar-refractivity contribution in [3.63, 3.8) is 0 Å². The molecule has 1 aromatic rings. The summed E-state index contributed by atoms with van der Waals surface area (Å²) in [7, 11) is 3.66. The van der Waals surface area contributed by atoms with E-state index in [2.05, 4.69) is 26.6 Å². The predicted octanol–water partition coefficient (Wildman–Crippen LogP) is 3.15. The summed E-state index contributed by atoms with van der Waals surface area (Å²) in [5.74, 6) is -4.33. The number of aliphatic carboxylic acids is 1. The van der Waals surface area contributed by atoms with Gasteiger partial charge in [-0.15, -0.1) is 0 Å². The number of nitrogens with one attached hydrogen (secondary N) is 5. The van der Waals surface area contributed by atoms with E-state index in [9.17, 15) is 37.1 Å². The molecule has 13 nitrogen and oxygen atoms in total. The van der Waals surface area contributed by atoms with E-state index in [-0.39, 0.29) is 29.6 Å². The SMILES string of the molecule is CC(C)C[C@H](NC(=O)[C@H](CC(C)C)NC(=O)[C@H](C(C)C)N(C)C)C(=O)N[C@@H](C)/C=C/C(=O)N[C@@H](C)C(=O)NCc1ccccc1.O=C(O)C(F)(F)F. The van der Waals surface area contributed by atoms with Crippen LogP contribution >= 0.6 is 0 Å². The minimum absolute atomic E-state index is 0.0406. The van der Waals surface area contributed by atoms with Gasteiger partial charge in [0.25, 0.3) is 0 Å². The normalized spacial score (nSPS) is 14.5. The smallest absolute Gasteiger partial charge is 0.475 e. The molecule has 0 unspecified atom stereocenters. The highest BCUT2D eigenvalue weighted by Crippen LogP contribution is 2.14. The number of alkyl halides is 3. The van der Waals surface area contributed by atoms with Crippen LogP contribution in [0, 0.1) is 17.8 Å². The molecule has 0 bridgehead atoms.